The second-order valence-electron chi connectivity index (χ2n) is 4.80. The van der Waals surface area contributed by atoms with Crippen LogP contribution in [0.1, 0.15) is 31.2 Å². The molecular formula is C13H19BrN2O. The summed E-state index contributed by atoms with van der Waals surface area (Å²) >= 11 is 3.43. The van der Waals surface area contributed by atoms with E-state index in [1.54, 1.807) is 13.3 Å². The average Bonchev–Trinajstić information content (AvgIpc) is 2.78. The van der Waals surface area contributed by atoms with Crippen molar-refractivity contribution in [2.45, 2.75) is 43.7 Å². The monoisotopic (exact) mass is 298 g/mol. The van der Waals surface area contributed by atoms with Crippen molar-refractivity contribution < 1.29 is 4.74 Å². The molecule has 1 saturated carbocycles. The quantitative estimate of drug-likeness (QED) is 0.930. The standard InChI is InChI=1S/C13H19BrN2O/c1-17-13(4-2-3-5-13)12(15)7-10-6-11(14)9-16-8-10/h6,8-9,12H,2-5,7,15H2,1H3. The molecule has 0 amide bonds. The van der Waals surface area contributed by atoms with E-state index in [0.29, 0.717) is 0 Å². The van der Waals surface area contributed by atoms with Crippen molar-refractivity contribution >= 4 is 15.9 Å². The van der Waals surface area contributed by atoms with Crippen LogP contribution in [0, 0.1) is 0 Å². The summed E-state index contributed by atoms with van der Waals surface area (Å²) in [6.07, 6.45) is 9.08. The third kappa shape index (κ3) is 2.87. The Balaban J connectivity index is 2.07. The Morgan fingerprint density at radius 3 is 2.76 bits per heavy atom. The Hall–Kier alpha value is -0.450. The molecule has 1 heterocycles. The number of ether oxygens (including phenoxy) is 1. The van der Waals surface area contributed by atoms with Crippen molar-refractivity contribution in [2.24, 2.45) is 5.73 Å². The minimum absolute atomic E-state index is 0.0473. The van der Waals surface area contributed by atoms with Gasteiger partial charge in [-0.25, -0.2) is 0 Å². The van der Waals surface area contributed by atoms with E-state index in [1.807, 2.05) is 6.20 Å². The van der Waals surface area contributed by atoms with Crippen LogP contribution in [0.15, 0.2) is 22.9 Å². The molecule has 94 valence electrons. The zero-order valence-electron chi connectivity index (χ0n) is 10.2. The normalized spacial score (nSPS) is 20.4. The molecule has 17 heavy (non-hydrogen) atoms. The van der Waals surface area contributed by atoms with Gasteiger partial charge in [0.25, 0.3) is 0 Å². The van der Waals surface area contributed by atoms with E-state index >= 15 is 0 Å². The highest BCUT2D eigenvalue weighted by Crippen LogP contribution is 2.35. The predicted molar refractivity (Wildman–Crippen MR) is 71.8 cm³/mol. The van der Waals surface area contributed by atoms with Crippen molar-refractivity contribution in [3.8, 4) is 0 Å². The molecule has 1 atom stereocenters. The van der Waals surface area contributed by atoms with Crippen LogP contribution in [0.2, 0.25) is 0 Å². The largest absolute Gasteiger partial charge is 0.377 e. The summed E-state index contributed by atoms with van der Waals surface area (Å²) in [5.74, 6) is 0. The van der Waals surface area contributed by atoms with Gasteiger partial charge in [-0.1, -0.05) is 12.8 Å². The van der Waals surface area contributed by atoms with Gasteiger partial charge in [-0.3, -0.25) is 4.98 Å². The van der Waals surface area contributed by atoms with Crippen LogP contribution in [0.5, 0.6) is 0 Å². The lowest BCUT2D eigenvalue weighted by Gasteiger charge is -2.34. The highest BCUT2D eigenvalue weighted by atomic mass is 79.9. The van der Waals surface area contributed by atoms with E-state index in [1.165, 1.54) is 12.8 Å². The second kappa shape index (κ2) is 5.46. The summed E-state index contributed by atoms with van der Waals surface area (Å²) < 4.78 is 6.71. The maximum absolute atomic E-state index is 6.34. The first-order valence-electron chi connectivity index (χ1n) is 6.06. The van der Waals surface area contributed by atoms with Crippen molar-refractivity contribution in [1.29, 1.82) is 0 Å². The molecule has 0 aliphatic heterocycles. The highest BCUT2D eigenvalue weighted by Gasteiger charge is 2.39. The number of nitrogens with two attached hydrogens (primary N) is 1. The molecule has 0 bridgehead atoms. The van der Waals surface area contributed by atoms with Crippen LogP contribution in [0.3, 0.4) is 0 Å². The number of hydrogen-bond donors (Lipinski definition) is 1. The average molecular weight is 299 g/mol. The van der Waals surface area contributed by atoms with Gasteiger partial charge < -0.3 is 10.5 Å². The Morgan fingerprint density at radius 2 is 2.18 bits per heavy atom. The zero-order valence-corrected chi connectivity index (χ0v) is 11.7. The fraction of sp³-hybridized carbons (Fsp3) is 0.615. The first-order chi connectivity index (χ1) is 8.16. The summed E-state index contributed by atoms with van der Waals surface area (Å²) in [6, 6.07) is 2.12. The molecule has 0 saturated heterocycles. The maximum atomic E-state index is 6.34. The number of rotatable bonds is 4. The first-order valence-corrected chi connectivity index (χ1v) is 6.86. The topological polar surface area (TPSA) is 48.1 Å². The van der Waals surface area contributed by atoms with E-state index in [-0.39, 0.29) is 11.6 Å². The zero-order chi connectivity index (χ0) is 12.3. The number of aromatic nitrogens is 1. The van der Waals surface area contributed by atoms with E-state index in [2.05, 4.69) is 27.0 Å². The summed E-state index contributed by atoms with van der Waals surface area (Å²) in [4.78, 5) is 4.17. The fourth-order valence-corrected chi connectivity index (χ4v) is 3.12. The smallest absolute Gasteiger partial charge is 0.0832 e. The van der Waals surface area contributed by atoms with E-state index in [4.69, 9.17) is 10.5 Å². The summed E-state index contributed by atoms with van der Waals surface area (Å²) in [5, 5.41) is 0. The molecule has 0 radical (unpaired) electrons. The minimum Gasteiger partial charge on any atom is -0.377 e. The molecule has 2 N–H and O–H groups in total. The third-order valence-electron chi connectivity index (χ3n) is 3.75. The lowest BCUT2D eigenvalue weighted by atomic mass is 9.88. The van der Waals surface area contributed by atoms with E-state index in [0.717, 1.165) is 29.3 Å². The molecule has 4 heteroatoms. The van der Waals surface area contributed by atoms with Gasteiger partial charge in [0, 0.05) is 30.0 Å². The molecule has 0 spiro atoms. The van der Waals surface area contributed by atoms with E-state index in [9.17, 15) is 0 Å². The fourth-order valence-electron chi connectivity index (χ4n) is 2.71. The van der Waals surface area contributed by atoms with Crippen LogP contribution >= 0.6 is 15.9 Å². The summed E-state index contributed by atoms with van der Waals surface area (Å²) in [5.41, 5.74) is 7.38. The minimum atomic E-state index is -0.123. The summed E-state index contributed by atoms with van der Waals surface area (Å²) in [6.45, 7) is 0. The molecule has 2 rings (SSSR count). The Kier molecular flexibility index (Phi) is 4.17. The van der Waals surface area contributed by atoms with Gasteiger partial charge in [-0.15, -0.1) is 0 Å². The summed E-state index contributed by atoms with van der Waals surface area (Å²) in [7, 11) is 1.78. The number of hydrogen-bond acceptors (Lipinski definition) is 3. The number of nitrogens with zero attached hydrogens (tertiary/aromatic N) is 1. The lowest BCUT2D eigenvalue weighted by Crippen LogP contribution is -2.48. The molecule has 1 fully saturated rings. The van der Waals surface area contributed by atoms with Gasteiger partial charge in [0.2, 0.25) is 0 Å². The molecule has 1 aliphatic carbocycles. The third-order valence-corrected chi connectivity index (χ3v) is 4.18. The van der Waals surface area contributed by atoms with Crippen molar-refractivity contribution in [1.82, 2.24) is 4.98 Å². The number of pyridine rings is 1. The van der Waals surface area contributed by atoms with E-state index < -0.39 is 0 Å². The van der Waals surface area contributed by atoms with Gasteiger partial charge in [0.1, 0.15) is 0 Å². The molecule has 3 nitrogen and oxygen atoms in total. The van der Waals surface area contributed by atoms with Gasteiger partial charge in [-0.2, -0.15) is 0 Å². The van der Waals surface area contributed by atoms with Crippen LogP contribution in [-0.4, -0.2) is 23.7 Å². The van der Waals surface area contributed by atoms with Crippen LogP contribution in [0.25, 0.3) is 0 Å². The first kappa shape index (κ1) is 13.0. The maximum Gasteiger partial charge on any atom is 0.0832 e. The molecule has 0 aromatic carbocycles. The predicted octanol–water partition coefficient (Wildman–Crippen LogP) is 2.67. The Morgan fingerprint density at radius 1 is 1.47 bits per heavy atom. The van der Waals surface area contributed by atoms with Crippen LogP contribution in [-0.2, 0) is 11.2 Å². The highest BCUT2D eigenvalue weighted by molar-refractivity contribution is 9.10. The molecule has 1 aliphatic rings. The van der Waals surface area contributed by atoms with Crippen LogP contribution < -0.4 is 5.73 Å². The van der Waals surface area contributed by atoms with Crippen molar-refractivity contribution in [2.75, 3.05) is 7.11 Å². The van der Waals surface area contributed by atoms with Gasteiger partial charge in [0.15, 0.2) is 0 Å². The molecular weight excluding hydrogens is 280 g/mol. The second-order valence-corrected chi connectivity index (χ2v) is 5.71. The molecule has 1 unspecified atom stereocenters. The van der Waals surface area contributed by atoms with Crippen LogP contribution in [0.4, 0.5) is 0 Å². The Labute approximate surface area is 111 Å². The number of halogens is 1. The lowest BCUT2D eigenvalue weighted by molar-refractivity contribution is -0.0253. The number of methoxy groups -OCH3 is 1. The molecule has 1 aromatic rings. The Bertz CT molecular complexity index is 377. The van der Waals surface area contributed by atoms with Crippen molar-refractivity contribution in [3.05, 3.63) is 28.5 Å². The SMILES string of the molecule is COC1(C(N)Cc2cncc(Br)c2)CCCC1. The molecule has 1 aromatic heterocycles. The van der Waals surface area contributed by atoms with Gasteiger partial charge >= 0.3 is 0 Å². The van der Waals surface area contributed by atoms with Crippen molar-refractivity contribution in [3.63, 3.8) is 0 Å². The van der Waals surface area contributed by atoms with Gasteiger partial charge in [-0.05, 0) is 46.8 Å². The van der Waals surface area contributed by atoms with Gasteiger partial charge in [0.05, 0.1) is 5.60 Å².